The number of Topliss-reactive ketones (excluding diaryl/α,β-unsaturated/α-hetero) is 1. The van der Waals surface area contributed by atoms with Crippen molar-refractivity contribution in [1.82, 2.24) is 5.32 Å². The summed E-state index contributed by atoms with van der Waals surface area (Å²) >= 11 is 0. The van der Waals surface area contributed by atoms with Gasteiger partial charge in [-0.25, -0.2) is 0 Å². The fraction of sp³-hybridized carbons (Fsp3) is 0.385. The molecule has 1 atom stereocenters. The number of anilines is 2. The van der Waals surface area contributed by atoms with E-state index < -0.39 is 0 Å². The largest absolute Gasteiger partial charge is 0.398 e. The highest BCUT2D eigenvalue weighted by atomic mass is 16.2. The van der Waals surface area contributed by atoms with Crippen molar-refractivity contribution in [3.8, 4) is 0 Å². The van der Waals surface area contributed by atoms with Crippen LogP contribution in [0.5, 0.6) is 0 Å². The first-order valence-electron chi connectivity index (χ1n) is 6.00. The number of nitrogens with two attached hydrogens (primary N) is 1. The fourth-order valence-corrected chi connectivity index (χ4v) is 2.06. The van der Waals surface area contributed by atoms with Crippen LogP contribution in [0.15, 0.2) is 18.2 Å². The summed E-state index contributed by atoms with van der Waals surface area (Å²) < 4.78 is 0. The average Bonchev–Trinajstić information content (AvgIpc) is 2.72. The maximum Gasteiger partial charge on any atom is 0.220 e. The Morgan fingerprint density at radius 2 is 2.33 bits per heavy atom. The van der Waals surface area contributed by atoms with Crippen molar-refractivity contribution in [3.05, 3.63) is 23.8 Å². The molecule has 1 fully saturated rings. The predicted molar refractivity (Wildman–Crippen MR) is 70.5 cm³/mol. The first kappa shape index (κ1) is 12.4. The standard InChI is InChI=1S/C13H17N3O2/c1-8(17)11-4-2-9(6-12(11)14)15-7-10-3-5-13(18)16-10/h2,4,6,10,15H,3,5,7,14H2,1H3,(H,16,18). The van der Waals surface area contributed by atoms with E-state index in [2.05, 4.69) is 10.6 Å². The van der Waals surface area contributed by atoms with Crippen molar-refractivity contribution in [2.24, 2.45) is 0 Å². The van der Waals surface area contributed by atoms with E-state index in [0.29, 0.717) is 24.2 Å². The number of ketones is 1. The summed E-state index contributed by atoms with van der Waals surface area (Å²) in [6.07, 6.45) is 1.45. The third-order valence-electron chi connectivity index (χ3n) is 3.07. The van der Waals surface area contributed by atoms with Gasteiger partial charge in [0.1, 0.15) is 0 Å². The van der Waals surface area contributed by atoms with Gasteiger partial charge in [-0.05, 0) is 31.5 Å². The second-order valence-electron chi connectivity index (χ2n) is 4.54. The summed E-state index contributed by atoms with van der Waals surface area (Å²) in [4.78, 5) is 22.3. The van der Waals surface area contributed by atoms with Crippen LogP contribution in [-0.4, -0.2) is 24.3 Å². The topological polar surface area (TPSA) is 84.2 Å². The number of carbonyl (C=O) groups excluding carboxylic acids is 2. The fourth-order valence-electron chi connectivity index (χ4n) is 2.06. The van der Waals surface area contributed by atoms with Crippen LogP contribution in [0, 0.1) is 0 Å². The normalized spacial score (nSPS) is 18.5. The van der Waals surface area contributed by atoms with Crippen LogP contribution in [0.3, 0.4) is 0 Å². The van der Waals surface area contributed by atoms with Crippen LogP contribution in [-0.2, 0) is 4.79 Å². The lowest BCUT2D eigenvalue weighted by Gasteiger charge is -2.13. The van der Waals surface area contributed by atoms with E-state index in [1.165, 1.54) is 6.92 Å². The number of benzene rings is 1. The summed E-state index contributed by atoms with van der Waals surface area (Å²) in [5, 5.41) is 6.09. The second-order valence-corrected chi connectivity index (χ2v) is 4.54. The van der Waals surface area contributed by atoms with Crippen LogP contribution in [0.4, 0.5) is 11.4 Å². The molecule has 96 valence electrons. The van der Waals surface area contributed by atoms with Crippen LogP contribution in [0.1, 0.15) is 30.1 Å². The molecule has 2 rings (SSSR count). The number of rotatable bonds is 4. The lowest BCUT2D eigenvalue weighted by molar-refractivity contribution is -0.119. The molecule has 1 aliphatic heterocycles. The average molecular weight is 247 g/mol. The van der Waals surface area contributed by atoms with E-state index in [-0.39, 0.29) is 17.7 Å². The number of carbonyl (C=O) groups is 2. The zero-order chi connectivity index (χ0) is 13.1. The molecule has 18 heavy (non-hydrogen) atoms. The van der Waals surface area contributed by atoms with Gasteiger partial charge >= 0.3 is 0 Å². The number of nitrogen functional groups attached to an aromatic ring is 1. The molecule has 0 radical (unpaired) electrons. The molecule has 1 aromatic rings. The first-order chi connectivity index (χ1) is 8.56. The zero-order valence-corrected chi connectivity index (χ0v) is 10.3. The van der Waals surface area contributed by atoms with Crippen molar-refractivity contribution < 1.29 is 9.59 Å². The van der Waals surface area contributed by atoms with Crippen LogP contribution in [0.2, 0.25) is 0 Å². The Kier molecular flexibility index (Phi) is 3.50. The monoisotopic (exact) mass is 247 g/mol. The van der Waals surface area contributed by atoms with Gasteiger partial charge in [-0.1, -0.05) is 0 Å². The van der Waals surface area contributed by atoms with Gasteiger partial charge in [0.25, 0.3) is 0 Å². The molecule has 1 amide bonds. The Bertz CT molecular complexity index is 485. The Balaban J connectivity index is 1.96. The van der Waals surface area contributed by atoms with E-state index in [4.69, 9.17) is 5.73 Å². The Morgan fingerprint density at radius 1 is 1.56 bits per heavy atom. The molecule has 1 aliphatic rings. The highest BCUT2D eigenvalue weighted by molar-refractivity contribution is 5.99. The molecular weight excluding hydrogens is 230 g/mol. The molecule has 1 heterocycles. The summed E-state index contributed by atoms with van der Waals surface area (Å²) in [6, 6.07) is 5.45. The minimum absolute atomic E-state index is 0.0397. The van der Waals surface area contributed by atoms with Crippen molar-refractivity contribution >= 4 is 23.1 Å². The molecule has 0 saturated carbocycles. The lowest BCUT2D eigenvalue weighted by atomic mass is 10.1. The molecule has 4 N–H and O–H groups in total. The van der Waals surface area contributed by atoms with E-state index >= 15 is 0 Å². The van der Waals surface area contributed by atoms with Gasteiger partial charge in [0.15, 0.2) is 5.78 Å². The number of amides is 1. The van der Waals surface area contributed by atoms with Gasteiger partial charge in [0.05, 0.1) is 0 Å². The van der Waals surface area contributed by atoms with Crippen molar-refractivity contribution in [1.29, 1.82) is 0 Å². The summed E-state index contributed by atoms with van der Waals surface area (Å²) in [5.41, 5.74) is 7.67. The number of hydrogen-bond donors (Lipinski definition) is 3. The molecule has 0 bridgehead atoms. The molecule has 0 aromatic heterocycles. The van der Waals surface area contributed by atoms with Gasteiger partial charge in [-0.15, -0.1) is 0 Å². The van der Waals surface area contributed by atoms with Gasteiger partial charge < -0.3 is 16.4 Å². The predicted octanol–water partition coefficient (Wildman–Crippen LogP) is 1.16. The summed E-state index contributed by atoms with van der Waals surface area (Å²) in [5.74, 6) is 0.0651. The van der Waals surface area contributed by atoms with E-state index in [9.17, 15) is 9.59 Å². The third-order valence-corrected chi connectivity index (χ3v) is 3.07. The minimum atomic E-state index is -0.0397. The Hall–Kier alpha value is -2.04. The van der Waals surface area contributed by atoms with Crippen molar-refractivity contribution in [3.63, 3.8) is 0 Å². The molecule has 5 heteroatoms. The zero-order valence-electron chi connectivity index (χ0n) is 10.3. The third kappa shape index (κ3) is 2.80. The Labute approximate surface area is 106 Å². The minimum Gasteiger partial charge on any atom is -0.398 e. The van der Waals surface area contributed by atoms with Crippen molar-refractivity contribution in [2.45, 2.75) is 25.8 Å². The van der Waals surface area contributed by atoms with Gasteiger partial charge in [-0.3, -0.25) is 9.59 Å². The SMILES string of the molecule is CC(=O)c1ccc(NCC2CCC(=O)N2)cc1N. The van der Waals surface area contributed by atoms with E-state index in [1.807, 2.05) is 6.07 Å². The maximum absolute atomic E-state index is 11.2. The van der Waals surface area contributed by atoms with Crippen LogP contribution >= 0.6 is 0 Å². The highest BCUT2D eigenvalue weighted by Crippen LogP contribution is 2.19. The molecule has 1 unspecified atom stereocenters. The molecule has 5 nitrogen and oxygen atoms in total. The van der Waals surface area contributed by atoms with Gasteiger partial charge in [0, 0.05) is 35.9 Å². The van der Waals surface area contributed by atoms with E-state index in [1.54, 1.807) is 12.1 Å². The lowest BCUT2D eigenvalue weighted by Crippen LogP contribution is -2.31. The molecule has 1 saturated heterocycles. The van der Waals surface area contributed by atoms with Crippen LogP contribution in [0.25, 0.3) is 0 Å². The molecule has 1 aromatic carbocycles. The number of nitrogens with one attached hydrogen (secondary N) is 2. The van der Waals surface area contributed by atoms with Gasteiger partial charge in [-0.2, -0.15) is 0 Å². The maximum atomic E-state index is 11.2. The molecule has 0 spiro atoms. The highest BCUT2D eigenvalue weighted by Gasteiger charge is 2.20. The van der Waals surface area contributed by atoms with Crippen molar-refractivity contribution in [2.75, 3.05) is 17.6 Å². The van der Waals surface area contributed by atoms with Crippen LogP contribution < -0.4 is 16.4 Å². The smallest absolute Gasteiger partial charge is 0.220 e. The van der Waals surface area contributed by atoms with Gasteiger partial charge in [0.2, 0.25) is 5.91 Å². The first-order valence-corrected chi connectivity index (χ1v) is 6.00. The molecular formula is C13H17N3O2. The quantitative estimate of drug-likeness (QED) is 0.550. The molecule has 0 aliphatic carbocycles. The summed E-state index contributed by atoms with van der Waals surface area (Å²) in [7, 11) is 0. The second kappa shape index (κ2) is 5.08. The number of hydrogen-bond acceptors (Lipinski definition) is 4. The summed E-state index contributed by atoms with van der Waals surface area (Å²) in [6.45, 7) is 2.16. The Morgan fingerprint density at radius 3 is 2.89 bits per heavy atom. The van der Waals surface area contributed by atoms with E-state index in [0.717, 1.165) is 12.1 Å².